The fourth-order valence-corrected chi connectivity index (χ4v) is 0.800. The third-order valence-electron chi connectivity index (χ3n) is 1.41. The quantitative estimate of drug-likeness (QED) is 0.730. The molecule has 1 aromatic rings. The number of carbonyl (C=O) groups excluding carboxylic acids is 1. The van der Waals surface area contributed by atoms with E-state index in [0.29, 0.717) is 6.54 Å². The Hall–Kier alpha value is -0.960. The highest BCUT2D eigenvalue weighted by Gasteiger charge is 2.07. The maximum absolute atomic E-state index is 11.0. The van der Waals surface area contributed by atoms with Crippen molar-refractivity contribution in [2.24, 2.45) is 0 Å². The third-order valence-corrected chi connectivity index (χ3v) is 1.61. The third kappa shape index (κ3) is 2.58. The Balaban J connectivity index is 2.32. The molecule has 3 nitrogen and oxygen atoms in total. The van der Waals surface area contributed by atoms with E-state index in [-0.39, 0.29) is 5.91 Å². The summed E-state index contributed by atoms with van der Waals surface area (Å²) in [7, 11) is 0. The Morgan fingerprint density at radius 3 is 3.08 bits per heavy atom. The number of carbonyl (C=O) groups is 1. The van der Waals surface area contributed by atoms with E-state index in [1.165, 1.54) is 0 Å². The topological polar surface area (TPSA) is 42.2 Å². The summed E-state index contributed by atoms with van der Waals surface area (Å²) in [4.78, 5) is 11.0. The molecule has 1 N–H and O–H groups in total. The first-order chi connectivity index (χ1) is 5.70. The minimum absolute atomic E-state index is 0.169. The highest BCUT2D eigenvalue weighted by molar-refractivity contribution is 6.30. The van der Waals surface area contributed by atoms with E-state index in [9.17, 15) is 4.79 Å². The summed E-state index contributed by atoms with van der Waals surface area (Å²) in [5.74, 6) is -0.169. The predicted octanol–water partition coefficient (Wildman–Crippen LogP) is 1.52. The largest absolute Gasteiger partial charge is 0.472 e. The van der Waals surface area contributed by atoms with Gasteiger partial charge in [-0.15, -0.1) is 11.6 Å². The van der Waals surface area contributed by atoms with Gasteiger partial charge in [-0.1, -0.05) is 0 Å². The molecule has 0 aliphatic carbocycles. The molecule has 0 spiro atoms. The molecule has 0 saturated carbocycles. The minimum Gasteiger partial charge on any atom is -0.472 e. The number of hydrogen-bond acceptors (Lipinski definition) is 2. The summed E-state index contributed by atoms with van der Waals surface area (Å²) >= 11 is 5.53. The normalized spacial score (nSPS) is 12.5. The number of amides is 1. The van der Waals surface area contributed by atoms with Crippen molar-refractivity contribution < 1.29 is 9.21 Å². The van der Waals surface area contributed by atoms with Gasteiger partial charge in [0.25, 0.3) is 0 Å². The average Bonchev–Trinajstić information content (AvgIpc) is 2.51. The number of halogens is 1. The molecule has 4 heteroatoms. The molecule has 0 bridgehead atoms. The molecule has 0 saturated heterocycles. The molecule has 0 fully saturated rings. The zero-order valence-corrected chi connectivity index (χ0v) is 7.47. The van der Waals surface area contributed by atoms with Crippen molar-refractivity contribution in [3.8, 4) is 0 Å². The van der Waals surface area contributed by atoms with Crippen molar-refractivity contribution in [3.63, 3.8) is 0 Å². The zero-order valence-electron chi connectivity index (χ0n) is 6.71. The molecule has 1 atom stereocenters. The van der Waals surface area contributed by atoms with Crippen LogP contribution >= 0.6 is 11.6 Å². The predicted molar refractivity (Wildman–Crippen MR) is 45.9 cm³/mol. The average molecular weight is 188 g/mol. The number of nitrogens with one attached hydrogen (secondary N) is 1. The molecule has 12 heavy (non-hydrogen) atoms. The maximum Gasteiger partial charge on any atom is 0.238 e. The second-order valence-corrected chi connectivity index (χ2v) is 3.12. The molecule has 0 aromatic carbocycles. The zero-order chi connectivity index (χ0) is 8.97. The van der Waals surface area contributed by atoms with Crippen molar-refractivity contribution >= 4 is 17.5 Å². The van der Waals surface area contributed by atoms with Crippen LogP contribution in [0.5, 0.6) is 0 Å². The van der Waals surface area contributed by atoms with Crippen LogP contribution in [0.1, 0.15) is 12.5 Å². The van der Waals surface area contributed by atoms with Gasteiger partial charge >= 0.3 is 0 Å². The van der Waals surface area contributed by atoms with Crippen LogP contribution in [0.25, 0.3) is 0 Å². The molecule has 1 heterocycles. The van der Waals surface area contributed by atoms with Gasteiger partial charge in [-0.3, -0.25) is 4.79 Å². The number of furan rings is 1. The van der Waals surface area contributed by atoms with Gasteiger partial charge in [0.15, 0.2) is 0 Å². The molecular weight excluding hydrogens is 178 g/mol. The summed E-state index contributed by atoms with van der Waals surface area (Å²) in [5, 5.41) is 2.16. The molecule has 0 radical (unpaired) electrons. The number of alkyl halides is 1. The van der Waals surface area contributed by atoms with Gasteiger partial charge < -0.3 is 9.73 Å². The first-order valence-electron chi connectivity index (χ1n) is 3.63. The number of rotatable bonds is 3. The van der Waals surface area contributed by atoms with Crippen molar-refractivity contribution in [3.05, 3.63) is 24.2 Å². The fourth-order valence-electron chi connectivity index (χ4n) is 0.723. The Kier molecular flexibility index (Phi) is 3.17. The molecule has 1 amide bonds. The van der Waals surface area contributed by atoms with E-state index < -0.39 is 5.38 Å². The Morgan fingerprint density at radius 2 is 2.58 bits per heavy atom. The first-order valence-corrected chi connectivity index (χ1v) is 4.06. The van der Waals surface area contributed by atoms with Crippen LogP contribution in [0, 0.1) is 0 Å². The highest BCUT2D eigenvalue weighted by atomic mass is 35.5. The Bertz CT molecular complexity index is 244. The van der Waals surface area contributed by atoms with E-state index in [1.807, 2.05) is 0 Å². The molecule has 1 unspecified atom stereocenters. The lowest BCUT2D eigenvalue weighted by atomic mass is 10.3. The summed E-state index contributed by atoms with van der Waals surface area (Å²) in [6.45, 7) is 2.10. The smallest absolute Gasteiger partial charge is 0.238 e. The molecule has 1 aromatic heterocycles. The standard InChI is InChI=1S/C8H10ClNO2/c1-6(9)8(11)10-4-7-2-3-12-5-7/h2-3,5-6H,4H2,1H3,(H,10,11). The van der Waals surface area contributed by atoms with Crippen molar-refractivity contribution in [2.75, 3.05) is 0 Å². The summed E-state index contributed by atoms with van der Waals surface area (Å²) < 4.78 is 4.82. The summed E-state index contributed by atoms with van der Waals surface area (Å²) in [6, 6.07) is 1.79. The van der Waals surface area contributed by atoms with Crippen LogP contribution in [0.4, 0.5) is 0 Å². The molecule has 66 valence electrons. The van der Waals surface area contributed by atoms with Crippen molar-refractivity contribution in [1.29, 1.82) is 0 Å². The van der Waals surface area contributed by atoms with Crippen molar-refractivity contribution in [2.45, 2.75) is 18.8 Å². The van der Waals surface area contributed by atoms with Gasteiger partial charge in [-0.2, -0.15) is 0 Å². The number of hydrogen-bond donors (Lipinski definition) is 1. The minimum atomic E-state index is -0.489. The molecule has 0 aliphatic rings. The Morgan fingerprint density at radius 1 is 1.83 bits per heavy atom. The van der Waals surface area contributed by atoms with Gasteiger partial charge in [0, 0.05) is 12.1 Å². The van der Waals surface area contributed by atoms with E-state index in [2.05, 4.69) is 5.32 Å². The molecule has 1 rings (SSSR count). The van der Waals surface area contributed by atoms with E-state index in [4.69, 9.17) is 16.0 Å². The van der Waals surface area contributed by atoms with Crippen LogP contribution in [0.2, 0.25) is 0 Å². The molecular formula is C8H10ClNO2. The lowest BCUT2D eigenvalue weighted by molar-refractivity contribution is -0.120. The summed E-state index contributed by atoms with van der Waals surface area (Å²) in [6.07, 6.45) is 3.14. The van der Waals surface area contributed by atoms with Gasteiger partial charge in [-0.05, 0) is 13.0 Å². The van der Waals surface area contributed by atoms with E-state index in [0.717, 1.165) is 5.56 Å². The van der Waals surface area contributed by atoms with Crippen LogP contribution in [0.3, 0.4) is 0 Å². The first kappa shape index (κ1) is 9.13. The lowest BCUT2D eigenvalue weighted by Crippen LogP contribution is -2.28. The summed E-state index contributed by atoms with van der Waals surface area (Å²) in [5.41, 5.74) is 0.931. The van der Waals surface area contributed by atoms with Crippen LogP contribution in [-0.2, 0) is 11.3 Å². The van der Waals surface area contributed by atoms with Crippen LogP contribution in [0.15, 0.2) is 23.0 Å². The molecule has 0 aliphatic heterocycles. The monoisotopic (exact) mass is 187 g/mol. The lowest BCUT2D eigenvalue weighted by Gasteiger charge is -2.03. The highest BCUT2D eigenvalue weighted by Crippen LogP contribution is 1.99. The van der Waals surface area contributed by atoms with Gasteiger partial charge in [0.2, 0.25) is 5.91 Å². The van der Waals surface area contributed by atoms with E-state index >= 15 is 0 Å². The van der Waals surface area contributed by atoms with E-state index in [1.54, 1.807) is 25.5 Å². The fraction of sp³-hybridized carbons (Fsp3) is 0.375. The SMILES string of the molecule is CC(Cl)C(=O)NCc1ccoc1. The van der Waals surface area contributed by atoms with Crippen LogP contribution < -0.4 is 5.32 Å². The maximum atomic E-state index is 11.0. The second-order valence-electron chi connectivity index (χ2n) is 2.47. The Labute approximate surface area is 75.7 Å². The van der Waals surface area contributed by atoms with Crippen LogP contribution in [-0.4, -0.2) is 11.3 Å². The van der Waals surface area contributed by atoms with Gasteiger partial charge in [-0.25, -0.2) is 0 Å². The van der Waals surface area contributed by atoms with Gasteiger partial charge in [0.05, 0.1) is 12.5 Å². The van der Waals surface area contributed by atoms with Crippen molar-refractivity contribution in [1.82, 2.24) is 5.32 Å². The second kappa shape index (κ2) is 4.16. The van der Waals surface area contributed by atoms with Gasteiger partial charge in [0.1, 0.15) is 5.38 Å².